The van der Waals surface area contributed by atoms with Crippen LogP contribution in [0, 0.1) is 16.7 Å². The van der Waals surface area contributed by atoms with Crippen molar-refractivity contribution in [2.24, 2.45) is 16.7 Å². The molecule has 16 nitrogen and oxygen atoms in total. The molecule has 1 saturated heterocycles. The summed E-state index contributed by atoms with van der Waals surface area (Å²) in [6.45, 7) is 11.4. The van der Waals surface area contributed by atoms with Crippen LogP contribution in [0.1, 0.15) is 95.8 Å². The molecule has 0 radical (unpaired) electrons. The second-order valence-electron chi connectivity index (χ2n) is 18.4. The summed E-state index contributed by atoms with van der Waals surface area (Å²) < 4.78 is 29.6. The van der Waals surface area contributed by atoms with E-state index in [4.69, 9.17) is 23.7 Å². The van der Waals surface area contributed by atoms with Crippen molar-refractivity contribution < 1.29 is 73.2 Å². The van der Waals surface area contributed by atoms with Crippen LogP contribution in [0.3, 0.4) is 0 Å². The third-order valence-electron chi connectivity index (χ3n) is 13.1. The van der Waals surface area contributed by atoms with E-state index in [-0.39, 0.29) is 41.9 Å². The number of amides is 1. The molecule has 1 aliphatic heterocycles. The van der Waals surface area contributed by atoms with E-state index in [0.29, 0.717) is 5.56 Å². The minimum absolute atomic E-state index is 0.0663. The summed E-state index contributed by atoms with van der Waals surface area (Å²) in [4.78, 5) is 69.5. The number of carbonyl (C=O) groups excluding carboxylic acids is 5. The minimum atomic E-state index is -2.39. The van der Waals surface area contributed by atoms with E-state index in [1.807, 2.05) is 0 Å². The van der Waals surface area contributed by atoms with E-state index in [1.165, 1.54) is 45.9 Å². The van der Waals surface area contributed by atoms with Crippen LogP contribution in [-0.2, 0) is 38.1 Å². The average Bonchev–Trinajstić information content (AvgIpc) is 3.19. The van der Waals surface area contributed by atoms with Gasteiger partial charge in [0.05, 0.1) is 42.3 Å². The highest BCUT2D eigenvalue weighted by Gasteiger charge is 2.78. The highest BCUT2D eigenvalue weighted by molar-refractivity contribution is 5.94. The Morgan fingerprint density at radius 1 is 1.02 bits per heavy atom. The molecule has 3 aliphatic carbocycles. The number of ketones is 1. The van der Waals surface area contributed by atoms with Gasteiger partial charge in [-0.05, 0) is 75.1 Å². The molecule has 6 N–H and O–H groups in total. The van der Waals surface area contributed by atoms with Crippen LogP contribution in [0.5, 0.6) is 0 Å². The topological polar surface area (TPSA) is 245 Å². The minimum Gasteiger partial charge on any atom is -0.456 e. The van der Waals surface area contributed by atoms with Crippen LogP contribution >= 0.6 is 0 Å². The van der Waals surface area contributed by atoms with Crippen molar-refractivity contribution in [1.82, 2.24) is 5.32 Å². The van der Waals surface area contributed by atoms with Gasteiger partial charge >= 0.3 is 24.0 Å². The summed E-state index contributed by atoms with van der Waals surface area (Å²) in [7, 11) is 0. The molecule has 4 aliphatic rings. The molecule has 2 bridgehead atoms. The third kappa shape index (κ3) is 8.08. The van der Waals surface area contributed by atoms with Gasteiger partial charge in [-0.1, -0.05) is 62.4 Å². The summed E-state index contributed by atoms with van der Waals surface area (Å²) in [5.74, 6) is -5.48. The third-order valence-corrected chi connectivity index (χ3v) is 13.1. The zero-order chi connectivity index (χ0) is 45.7. The molecule has 16 heteroatoms. The Labute approximate surface area is 359 Å². The molecule has 0 unspecified atom stereocenters. The van der Waals surface area contributed by atoms with Crippen molar-refractivity contribution in [2.75, 3.05) is 13.2 Å². The average molecular weight is 864 g/mol. The molecule has 2 aromatic carbocycles. The quantitative estimate of drug-likeness (QED) is 0.114. The second-order valence-corrected chi connectivity index (χ2v) is 18.4. The zero-order valence-electron chi connectivity index (χ0n) is 36.1. The Bertz CT molecular complexity index is 2140. The molecule has 336 valence electrons. The summed E-state index contributed by atoms with van der Waals surface area (Å²) in [6, 6.07) is 12.8. The fourth-order valence-corrected chi connectivity index (χ4v) is 9.94. The lowest BCUT2D eigenvalue weighted by Gasteiger charge is -2.67. The van der Waals surface area contributed by atoms with Gasteiger partial charge in [0.25, 0.3) is 0 Å². The summed E-state index contributed by atoms with van der Waals surface area (Å²) >= 11 is 0. The number of nitrogens with one attached hydrogen (secondary N) is 1. The number of ether oxygens (including phenoxy) is 5. The second kappa shape index (κ2) is 17.0. The molecule has 1 heterocycles. The predicted octanol–water partition coefficient (Wildman–Crippen LogP) is 3.27. The highest BCUT2D eigenvalue weighted by Crippen LogP contribution is 2.64. The van der Waals surface area contributed by atoms with Gasteiger partial charge < -0.3 is 54.5 Å². The lowest BCUT2D eigenvalue weighted by molar-refractivity contribution is -0.346. The normalized spacial score (nSPS) is 32.4. The Morgan fingerprint density at radius 2 is 1.69 bits per heavy atom. The first-order chi connectivity index (χ1) is 28.9. The number of fused-ring (bicyclic) bond motifs is 5. The summed E-state index contributed by atoms with van der Waals surface area (Å²) in [5, 5.41) is 61.3. The number of aliphatic hydroxyl groups is 5. The fourth-order valence-electron chi connectivity index (χ4n) is 9.94. The van der Waals surface area contributed by atoms with Gasteiger partial charge in [0, 0.05) is 25.2 Å². The van der Waals surface area contributed by atoms with E-state index in [1.54, 1.807) is 69.3 Å². The van der Waals surface area contributed by atoms with Crippen LogP contribution in [0.25, 0.3) is 6.08 Å². The number of Topliss-reactive ketones (excluding diaryl/α,β-unsaturated/α-hetero) is 1. The first kappa shape index (κ1) is 46.5. The maximum atomic E-state index is 15.0. The molecule has 6 rings (SSSR count). The molecule has 62 heavy (non-hydrogen) atoms. The molecule has 3 fully saturated rings. The standard InChI is InChI=1S/C46H57NO15/c1-24-29(59-40(55)35(52)33(47-41(56)62-42(3,4)5)28-18-12-14-26(20-28)15-13-19-48)22-46(57)38(60-39(54)27-16-10-9-11-17-27)36-44(8,37(53)34(51)32(24)43(46,6)7)30(50)21-31-45(36,23-58-31)61-25(2)49/h9-18,20,29-31,33-36,38,48,50-52,57H,19,21-23H2,1-8H3,(H,47,56)/b15-13-/t29-,30-,31+,33-,34+,35+,36-,38-,44+,45-,46+/m0/s1. The number of rotatable bonds is 10. The number of carbonyl (C=O) groups is 5. The van der Waals surface area contributed by atoms with E-state index in [9.17, 15) is 44.7 Å². The number of hydrogen-bond acceptors (Lipinski definition) is 15. The Kier molecular flexibility index (Phi) is 12.7. The zero-order valence-corrected chi connectivity index (χ0v) is 36.1. The van der Waals surface area contributed by atoms with Gasteiger partial charge in [0.1, 0.15) is 35.6 Å². The van der Waals surface area contributed by atoms with Crippen molar-refractivity contribution in [3.8, 4) is 0 Å². The van der Waals surface area contributed by atoms with E-state index >= 15 is 4.79 Å². The monoisotopic (exact) mass is 863 g/mol. The fraction of sp³-hybridized carbons (Fsp3) is 0.543. The van der Waals surface area contributed by atoms with Crippen molar-refractivity contribution in [1.29, 1.82) is 0 Å². The Balaban J connectivity index is 1.48. The van der Waals surface area contributed by atoms with Crippen LogP contribution in [-0.4, -0.2) is 122 Å². The van der Waals surface area contributed by atoms with Crippen molar-refractivity contribution in [3.63, 3.8) is 0 Å². The van der Waals surface area contributed by atoms with Crippen molar-refractivity contribution in [3.05, 3.63) is 88.5 Å². The summed E-state index contributed by atoms with van der Waals surface area (Å²) in [6.07, 6.45) is -8.72. The molecular formula is C46H57NO15. The number of hydrogen-bond donors (Lipinski definition) is 6. The van der Waals surface area contributed by atoms with Gasteiger partial charge in [0.2, 0.25) is 0 Å². The van der Waals surface area contributed by atoms with Crippen molar-refractivity contribution in [2.45, 2.75) is 128 Å². The SMILES string of the molecule is CC(=O)O[C@@]12CO[C@@H]1C[C@H](O)[C@@]1(C)C(=O)[C@H](O)C3=C(C)[C@@H](OC(=O)[C@H](O)[C@@H](NC(=O)OC(C)(C)C)c4cccc(/C=C\CO)c4)C[C@@](O)([C@@H](OC(=O)c4ccccc4)[C@H]21)C3(C)C. The Morgan fingerprint density at radius 3 is 2.29 bits per heavy atom. The van der Waals surface area contributed by atoms with Gasteiger partial charge in [-0.2, -0.15) is 0 Å². The number of aliphatic hydroxyl groups excluding tert-OH is 4. The van der Waals surface area contributed by atoms with Crippen LogP contribution < -0.4 is 5.32 Å². The molecule has 11 atom stereocenters. The van der Waals surface area contributed by atoms with Gasteiger partial charge in [0.15, 0.2) is 17.5 Å². The van der Waals surface area contributed by atoms with Gasteiger partial charge in [-0.25, -0.2) is 14.4 Å². The van der Waals surface area contributed by atoms with Gasteiger partial charge in [-0.3, -0.25) is 9.59 Å². The van der Waals surface area contributed by atoms with Crippen LogP contribution in [0.15, 0.2) is 71.8 Å². The first-order valence-electron chi connectivity index (χ1n) is 20.6. The number of alkyl carbamates (subject to hydrolysis) is 1. The van der Waals surface area contributed by atoms with E-state index < -0.39 is 112 Å². The van der Waals surface area contributed by atoms with Gasteiger partial charge in [-0.15, -0.1) is 0 Å². The molecule has 2 saturated carbocycles. The molecule has 0 aromatic heterocycles. The first-order valence-corrected chi connectivity index (χ1v) is 20.6. The maximum Gasteiger partial charge on any atom is 0.408 e. The Hall–Kier alpha value is -4.97. The summed E-state index contributed by atoms with van der Waals surface area (Å²) in [5.41, 5.74) is -7.87. The highest BCUT2D eigenvalue weighted by atomic mass is 16.6. The molecule has 0 spiro atoms. The number of esters is 3. The molecular weight excluding hydrogens is 806 g/mol. The van der Waals surface area contributed by atoms with Crippen molar-refractivity contribution >= 4 is 35.9 Å². The van der Waals surface area contributed by atoms with E-state index in [0.717, 1.165) is 6.92 Å². The maximum absolute atomic E-state index is 15.0. The van der Waals surface area contributed by atoms with Crippen LogP contribution in [0.4, 0.5) is 4.79 Å². The molecule has 2 aromatic rings. The lowest BCUT2D eigenvalue weighted by atomic mass is 9.44. The van der Waals surface area contributed by atoms with Crippen LogP contribution in [0.2, 0.25) is 0 Å². The number of benzene rings is 2. The predicted molar refractivity (Wildman–Crippen MR) is 220 cm³/mol. The largest absolute Gasteiger partial charge is 0.456 e. The van der Waals surface area contributed by atoms with E-state index in [2.05, 4.69) is 5.32 Å². The molecule has 1 amide bonds. The smallest absolute Gasteiger partial charge is 0.408 e. The lowest BCUT2D eigenvalue weighted by Crippen LogP contribution is -2.81.